The second-order valence-corrected chi connectivity index (χ2v) is 4.23. The second kappa shape index (κ2) is 4.57. The number of benzene rings is 1. The molecular weight excluding hydrogens is 218 g/mol. The van der Waals surface area contributed by atoms with Gasteiger partial charge in [-0.05, 0) is 18.1 Å². The van der Waals surface area contributed by atoms with Crippen LogP contribution in [0, 0.1) is 0 Å². The van der Waals surface area contributed by atoms with E-state index in [9.17, 15) is 9.59 Å². The van der Waals surface area contributed by atoms with Crippen LogP contribution in [0.3, 0.4) is 0 Å². The fourth-order valence-corrected chi connectivity index (χ4v) is 2.21. The molecule has 0 saturated heterocycles. The highest BCUT2D eigenvalue weighted by molar-refractivity contribution is 6.00. The Balaban J connectivity index is 2.26. The first-order valence-corrected chi connectivity index (χ1v) is 5.76. The van der Waals surface area contributed by atoms with Gasteiger partial charge in [0.2, 0.25) is 0 Å². The molecule has 4 nitrogen and oxygen atoms in total. The van der Waals surface area contributed by atoms with Crippen LogP contribution >= 0.6 is 0 Å². The molecule has 1 N–H and O–H groups in total. The molecular formula is C13H15NO3. The molecule has 1 atom stereocenters. The minimum atomic E-state index is -0.923. The van der Waals surface area contributed by atoms with E-state index in [4.69, 9.17) is 5.11 Å². The van der Waals surface area contributed by atoms with Crippen molar-refractivity contribution in [2.45, 2.75) is 32.4 Å². The normalized spacial score (nSPS) is 15.8. The first-order chi connectivity index (χ1) is 8.15. The average molecular weight is 233 g/mol. The number of carboxylic acids is 1. The van der Waals surface area contributed by atoms with Gasteiger partial charge >= 0.3 is 5.97 Å². The summed E-state index contributed by atoms with van der Waals surface area (Å²) in [6.07, 6.45) is 1.24. The summed E-state index contributed by atoms with van der Waals surface area (Å²) >= 11 is 0. The molecule has 0 spiro atoms. The summed E-state index contributed by atoms with van der Waals surface area (Å²) in [4.78, 5) is 24.7. The topological polar surface area (TPSA) is 57.6 Å². The van der Waals surface area contributed by atoms with E-state index in [2.05, 4.69) is 0 Å². The Morgan fingerprint density at radius 1 is 1.47 bits per heavy atom. The Bertz CT molecular complexity index is 456. The molecule has 17 heavy (non-hydrogen) atoms. The molecule has 90 valence electrons. The van der Waals surface area contributed by atoms with Crippen LogP contribution in [0.15, 0.2) is 24.3 Å². The zero-order valence-corrected chi connectivity index (χ0v) is 9.72. The molecule has 0 saturated carbocycles. The number of nitrogens with zero attached hydrogens (tertiary/aromatic N) is 1. The largest absolute Gasteiger partial charge is 0.480 e. The fraction of sp³-hybridized carbons (Fsp3) is 0.385. The highest BCUT2D eigenvalue weighted by Gasteiger charge is 2.35. The number of hydrogen-bond donors (Lipinski definition) is 1. The van der Waals surface area contributed by atoms with Crippen LogP contribution < -0.4 is 0 Å². The summed E-state index contributed by atoms with van der Waals surface area (Å²) in [6.45, 7) is 2.33. The molecule has 0 aromatic heterocycles. The molecule has 0 bridgehead atoms. The maximum atomic E-state index is 12.1. The third kappa shape index (κ3) is 2.02. The minimum Gasteiger partial charge on any atom is -0.480 e. The monoisotopic (exact) mass is 233 g/mol. The molecule has 0 aliphatic carbocycles. The predicted molar refractivity (Wildman–Crippen MR) is 62.6 cm³/mol. The van der Waals surface area contributed by atoms with Crippen LogP contribution in [0.2, 0.25) is 0 Å². The van der Waals surface area contributed by atoms with Gasteiger partial charge in [0.05, 0.1) is 0 Å². The van der Waals surface area contributed by atoms with E-state index in [0.29, 0.717) is 18.5 Å². The van der Waals surface area contributed by atoms with Crippen molar-refractivity contribution in [1.82, 2.24) is 4.90 Å². The van der Waals surface area contributed by atoms with Crippen LogP contribution in [0.5, 0.6) is 0 Å². The molecule has 1 amide bonds. The Labute approximate surface area is 99.9 Å². The standard InChI is InChI=1S/C13H15NO3/c1-2-5-11(13(16)17)14-8-9-6-3-4-7-10(9)12(14)15/h3-4,6-7,11H,2,5,8H2,1H3,(H,16,17)/t11-/m0/s1. The van der Waals surface area contributed by atoms with Gasteiger partial charge < -0.3 is 10.0 Å². The number of rotatable bonds is 4. The van der Waals surface area contributed by atoms with Gasteiger partial charge in [-0.15, -0.1) is 0 Å². The van der Waals surface area contributed by atoms with Crippen LogP contribution in [0.25, 0.3) is 0 Å². The van der Waals surface area contributed by atoms with Gasteiger partial charge in [-0.25, -0.2) is 4.79 Å². The van der Waals surface area contributed by atoms with Crippen LogP contribution in [0.4, 0.5) is 0 Å². The number of carbonyl (C=O) groups is 2. The molecule has 0 radical (unpaired) electrons. The molecule has 1 aliphatic rings. The lowest BCUT2D eigenvalue weighted by Crippen LogP contribution is -2.41. The third-order valence-corrected chi connectivity index (χ3v) is 3.07. The smallest absolute Gasteiger partial charge is 0.326 e. The van der Waals surface area contributed by atoms with E-state index in [-0.39, 0.29) is 5.91 Å². The van der Waals surface area contributed by atoms with Gasteiger partial charge in [0.25, 0.3) is 5.91 Å². The van der Waals surface area contributed by atoms with Gasteiger partial charge in [-0.2, -0.15) is 0 Å². The fourth-order valence-electron chi connectivity index (χ4n) is 2.21. The summed E-state index contributed by atoms with van der Waals surface area (Å²) < 4.78 is 0. The SMILES string of the molecule is CCC[C@@H](C(=O)O)N1Cc2ccccc2C1=O. The van der Waals surface area contributed by atoms with E-state index in [1.54, 1.807) is 12.1 Å². The van der Waals surface area contributed by atoms with Crippen molar-refractivity contribution in [2.24, 2.45) is 0 Å². The van der Waals surface area contributed by atoms with Crippen molar-refractivity contribution < 1.29 is 14.7 Å². The lowest BCUT2D eigenvalue weighted by Gasteiger charge is -2.23. The number of carboxylic acid groups (broad SMARTS) is 1. The Morgan fingerprint density at radius 3 is 2.76 bits per heavy atom. The van der Waals surface area contributed by atoms with Gasteiger partial charge in [0.1, 0.15) is 6.04 Å². The molecule has 0 fully saturated rings. The van der Waals surface area contributed by atoms with Crippen molar-refractivity contribution in [3.05, 3.63) is 35.4 Å². The average Bonchev–Trinajstić information content (AvgIpc) is 2.64. The molecule has 1 heterocycles. The van der Waals surface area contributed by atoms with Crippen molar-refractivity contribution in [1.29, 1.82) is 0 Å². The van der Waals surface area contributed by atoms with E-state index in [0.717, 1.165) is 12.0 Å². The van der Waals surface area contributed by atoms with Gasteiger partial charge in [-0.1, -0.05) is 31.5 Å². The number of aliphatic carboxylic acids is 1. The van der Waals surface area contributed by atoms with E-state index in [1.165, 1.54) is 4.90 Å². The van der Waals surface area contributed by atoms with Crippen molar-refractivity contribution in [3.63, 3.8) is 0 Å². The van der Waals surface area contributed by atoms with Crippen LogP contribution in [-0.2, 0) is 11.3 Å². The van der Waals surface area contributed by atoms with Crippen molar-refractivity contribution >= 4 is 11.9 Å². The van der Waals surface area contributed by atoms with E-state index in [1.807, 2.05) is 19.1 Å². The van der Waals surface area contributed by atoms with Gasteiger partial charge in [0.15, 0.2) is 0 Å². The Hall–Kier alpha value is -1.84. The summed E-state index contributed by atoms with van der Waals surface area (Å²) in [5.74, 6) is -1.09. The molecule has 1 aliphatic heterocycles. The maximum Gasteiger partial charge on any atom is 0.326 e. The first-order valence-electron chi connectivity index (χ1n) is 5.76. The zero-order valence-electron chi connectivity index (χ0n) is 9.72. The highest BCUT2D eigenvalue weighted by atomic mass is 16.4. The molecule has 2 rings (SSSR count). The number of amides is 1. The summed E-state index contributed by atoms with van der Waals surface area (Å²) in [7, 11) is 0. The number of fused-ring (bicyclic) bond motifs is 1. The third-order valence-electron chi connectivity index (χ3n) is 3.07. The molecule has 1 aromatic carbocycles. The van der Waals surface area contributed by atoms with Crippen LogP contribution in [0.1, 0.15) is 35.7 Å². The molecule has 4 heteroatoms. The zero-order chi connectivity index (χ0) is 12.4. The number of hydrogen-bond acceptors (Lipinski definition) is 2. The Morgan fingerprint density at radius 2 is 2.18 bits per heavy atom. The van der Waals surface area contributed by atoms with E-state index < -0.39 is 12.0 Å². The van der Waals surface area contributed by atoms with Gasteiger partial charge in [0, 0.05) is 12.1 Å². The lowest BCUT2D eigenvalue weighted by atomic mass is 10.1. The second-order valence-electron chi connectivity index (χ2n) is 4.23. The molecule has 1 aromatic rings. The van der Waals surface area contributed by atoms with E-state index >= 15 is 0 Å². The quantitative estimate of drug-likeness (QED) is 0.864. The molecule has 0 unspecified atom stereocenters. The maximum absolute atomic E-state index is 12.1. The number of carbonyl (C=O) groups excluding carboxylic acids is 1. The van der Waals surface area contributed by atoms with Crippen molar-refractivity contribution in [3.8, 4) is 0 Å². The van der Waals surface area contributed by atoms with Crippen LogP contribution in [-0.4, -0.2) is 27.9 Å². The summed E-state index contributed by atoms with van der Waals surface area (Å²) in [5, 5.41) is 9.17. The minimum absolute atomic E-state index is 0.165. The Kier molecular flexibility index (Phi) is 3.13. The van der Waals surface area contributed by atoms with Gasteiger partial charge in [-0.3, -0.25) is 4.79 Å². The summed E-state index contributed by atoms with van der Waals surface area (Å²) in [6, 6.07) is 6.58. The first kappa shape index (κ1) is 11.6. The highest BCUT2D eigenvalue weighted by Crippen LogP contribution is 2.25. The summed E-state index contributed by atoms with van der Waals surface area (Å²) in [5.41, 5.74) is 1.55. The predicted octanol–water partition coefficient (Wildman–Crippen LogP) is 1.90. The van der Waals surface area contributed by atoms with Crippen molar-refractivity contribution in [2.75, 3.05) is 0 Å². The lowest BCUT2D eigenvalue weighted by molar-refractivity contribution is -0.142.